The lowest BCUT2D eigenvalue weighted by atomic mass is 9.87. The van der Waals surface area contributed by atoms with Crippen LogP contribution in [0.4, 0.5) is 0 Å². The third-order valence-corrected chi connectivity index (χ3v) is 12.1. The number of carboxylic acid groups (broad SMARTS) is 1. The van der Waals surface area contributed by atoms with Crippen LogP contribution in [0.5, 0.6) is 0 Å². The number of para-hydroxylation sites is 1. The molecule has 0 aliphatic carbocycles. The van der Waals surface area contributed by atoms with E-state index in [9.17, 15) is 29.1 Å². The van der Waals surface area contributed by atoms with E-state index in [2.05, 4.69) is 36.6 Å². The maximum atomic E-state index is 14.6. The molecular formula is C40H49N9O6S2. The molecule has 17 heteroatoms. The fraction of sp³-hybridized carbons (Fsp3) is 0.400. The van der Waals surface area contributed by atoms with Gasteiger partial charge in [0.2, 0.25) is 23.6 Å². The van der Waals surface area contributed by atoms with Gasteiger partial charge in [-0.2, -0.15) is 0 Å². The lowest BCUT2D eigenvalue weighted by molar-refractivity contribution is -0.149. The van der Waals surface area contributed by atoms with Gasteiger partial charge in [0.25, 0.3) is 0 Å². The van der Waals surface area contributed by atoms with Crippen molar-refractivity contribution in [3.05, 3.63) is 87.8 Å². The van der Waals surface area contributed by atoms with Crippen molar-refractivity contribution in [2.45, 2.75) is 81.1 Å². The zero-order valence-corrected chi connectivity index (χ0v) is 33.1. The first-order chi connectivity index (χ1) is 27.6. The summed E-state index contributed by atoms with van der Waals surface area (Å²) in [6.07, 6.45) is 3.94. The summed E-state index contributed by atoms with van der Waals surface area (Å²) < 4.78 is 0.995. The Hall–Kier alpha value is -5.20. The molecule has 57 heavy (non-hydrogen) atoms. The first-order valence-corrected chi connectivity index (χ1v) is 20.9. The van der Waals surface area contributed by atoms with Crippen LogP contribution in [0.2, 0.25) is 0 Å². The van der Waals surface area contributed by atoms with Gasteiger partial charge >= 0.3 is 5.97 Å². The Labute approximate surface area is 337 Å². The number of nitrogens with zero attached hydrogens (tertiary/aromatic N) is 1. The van der Waals surface area contributed by atoms with E-state index in [4.69, 9.17) is 11.5 Å². The van der Waals surface area contributed by atoms with Gasteiger partial charge in [-0.25, -0.2) is 9.78 Å². The zero-order chi connectivity index (χ0) is 40.4. The third-order valence-electron chi connectivity index (χ3n) is 10.4. The summed E-state index contributed by atoms with van der Waals surface area (Å²) in [5.74, 6) is -3.64. The molecule has 0 bridgehead atoms. The van der Waals surface area contributed by atoms with E-state index in [0.717, 1.165) is 32.1 Å². The van der Waals surface area contributed by atoms with Crippen molar-refractivity contribution in [1.82, 2.24) is 36.6 Å². The number of carboxylic acids is 1. The van der Waals surface area contributed by atoms with E-state index in [1.807, 2.05) is 53.9 Å². The highest BCUT2D eigenvalue weighted by atomic mass is 32.1. The number of carbonyl (C=O) groups excluding carboxylic acids is 4. The molecule has 0 spiro atoms. The Bertz CT molecular complexity index is 2160. The van der Waals surface area contributed by atoms with Crippen LogP contribution in [0.3, 0.4) is 0 Å². The van der Waals surface area contributed by atoms with E-state index >= 15 is 0 Å². The largest absolute Gasteiger partial charge is 0.480 e. The highest BCUT2D eigenvalue weighted by molar-refractivity contribution is 7.17. The van der Waals surface area contributed by atoms with Gasteiger partial charge in [-0.15, -0.1) is 22.7 Å². The van der Waals surface area contributed by atoms with Crippen LogP contribution in [-0.4, -0.2) is 94.0 Å². The van der Waals surface area contributed by atoms with Crippen LogP contribution in [0.25, 0.3) is 21.0 Å². The number of nitrogens with two attached hydrogens (primary N) is 2. The minimum Gasteiger partial charge on any atom is -0.480 e. The van der Waals surface area contributed by atoms with Gasteiger partial charge < -0.3 is 48.1 Å². The molecule has 4 atom stereocenters. The second-order valence-electron chi connectivity index (χ2n) is 14.4. The number of benzene rings is 2. The Balaban J connectivity index is 1.30. The summed E-state index contributed by atoms with van der Waals surface area (Å²) in [6, 6.07) is 10.8. The number of unbranched alkanes of at least 4 members (excludes halogenated alkanes) is 1. The van der Waals surface area contributed by atoms with Gasteiger partial charge in [0.15, 0.2) is 0 Å². The molecule has 1 fully saturated rings. The number of amides is 4. The van der Waals surface area contributed by atoms with Crippen molar-refractivity contribution in [2.24, 2.45) is 11.5 Å². The molecule has 1 saturated heterocycles. The molecule has 4 amide bonds. The molecule has 2 aromatic carbocycles. The molecule has 3 aromatic heterocycles. The minimum atomic E-state index is -1.52. The topological polar surface area (TPSA) is 246 Å². The van der Waals surface area contributed by atoms with E-state index in [-0.39, 0.29) is 32.1 Å². The summed E-state index contributed by atoms with van der Waals surface area (Å²) in [5.41, 5.74) is 14.9. The predicted molar refractivity (Wildman–Crippen MR) is 221 cm³/mol. The summed E-state index contributed by atoms with van der Waals surface area (Å²) in [7, 11) is 0. The molecule has 0 radical (unpaired) electrons. The Morgan fingerprint density at radius 1 is 0.807 bits per heavy atom. The standard InChI is InChI=1S/C40H49N9O6S2/c41-14-6-5-9-29(42)35(50)46-33(19-26-22-56-23-45-26)37(52)47-31(17-24-20-44-30-10-3-1-7-27(24)30)36(51)48-32(18-25-21-57-34-11-4-2-8-28(25)34)38(53)49-40(39(54)55)12-15-43-16-13-40/h1-4,7-8,10-11,20-23,29,31-33,43-44H,5-6,9,12-19,41-42H2,(H,46,50)(H,47,52)(H,48,51)(H,49,53)(H,54,55)/t29-,31+,32+,33-/m0/s1. The first kappa shape index (κ1) is 41.4. The highest BCUT2D eigenvalue weighted by Crippen LogP contribution is 2.27. The Kier molecular flexibility index (Phi) is 14.0. The number of carbonyl (C=O) groups is 5. The molecule has 15 nitrogen and oxygen atoms in total. The summed E-state index contributed by atoms with van der Waals surface area (Å²) in [4.78, 5) is 76.5. The van der Waals surface area contributed by atoms with E-state index < -0.39 is 59.3 Å². The van der Waals surface area contributed by atoms with Crippen LogP contribution in [0.15, 0.2) is 71.0 Å². The monoisotopic (exact) mass is 815 g/mol. The zero-order valence-electron chi connectivity index (χ0n) is 31.4. The van der Waals surface area contributed by atoms with Gasteiger partial charge in [-0.05, 0) is 79.3 Å². The number of thiophene rings is 1. The van der Waals surface area contributed by atoms with E-state index in [0.29, 0.717) is 44.6 Å². The molecule has 6 rings (SSSR count). The van der Waals surface area contributed by atoms with Crippen molar-refractivity contribution in [2.75, 3.05) is 19.6 Å². The second-order valence-corrected chi connectivity index (χ2v) is 16.0. The molecule has 4 heterocycles. The number of thiazole rings is 1. The summed E-state index contributed by atoms with van der Waals surface area (Å²) in [6.45, 7) is 1.26. The van der Waals surface area contributed by atoms with Gasteiger partial charge in [-0.3, -0.25) is 19.2 Å². The first-order valence-electron chi connectivity index (χ1n) is 19.1. The smallest absolute Gasteiger partial charge is 0.329 e. The summed E-state index contributed by atoms with van der Waals surface area (Å²) in [5, 5.41) is 30.2. The predicted octanol–water partition coefficient (Wildman–Crippen LogP) is 2.10. The average molecular weight is 816 g/mol. The van der Waals surface area contributed by atoms with Crippen molar-refractivity contribution in [3.63, 3.8) is 0 Å². The minimum absolute atomic E-state index is 0.0258. The molecule has 11 N–H and O–H groups in total. The van der Waals surface area contributed by atoms with Gasteiger partial charge in [0.1, 0.15) is 23.7 Å². The second kappa shape index (κ2) is 19.3. The van der Waals surface area contributed by atoms with Crippen molar-refractivity contribution >= 4 is 73.3 Å². The fourth-order valence-electron chi connectivity index (χ4n) is 7.14. The third kappa shape index (κ3) is 10.4. The number of hydrogen-bond acceptors (Lipinski definition) is 11. The van der Waals surface area contributed by atoms with Gasteiger partial charge in [0, 0.05) is 46.4 Å². The lowest BCUT2D eigenvalue weighted by Gasteiger charge is -2.36. The van der Waals surface area contributed by atoms with Gasteiger partial charge in [-0.1, -0.05) is 42.8 Å². The molecular weight excluding hydrogens is 767 g/mol. The molecule has 1 aliphatic rings. The Morgan fingerprint density at radius 2 is 1.46 bits per heavy atom. The van der Waals surface area contributed by atoms with Gasteiger partial charge in [0.05, 0.1) is 17.2 Å². The van der Waals surface area contributed by atoms with Crippen molar-refractivity contribution in [1.29, 1.82) is 0 Å². The number of rotatable bonds is 19. The Morgan fingerprint density at radius 3 is 2.16 bits per heavy atom. The lowest BCUT2D eigenvalue weighted by Crippen LogP contribution is -2.64. The number of aromatic nitrogens is 2. The number of aromatic amines is 1. The molecule has 0 saturated carbocycles. The maximum Gasteiger partial charge on any atom is 0.329 e. The van der Waals surface area contributed by atoms with Crippen LogP contribution in [0.1, 0.15) is 48.9 Å². The van der Waals surface area contributed by atoms with Crippen LogP contribution in [-0.2, 0) is 43.2 Å². The maximum absolute atomic E-state index is 14.6. The average Bonchev–Trinajstić information content (AvgIpc) is 3.98. The fourth-order valence-corrected chi connectivity index (χ4v) is 8.69. The van der Waals surface area contributed by atoms with Crippen molar-refractivity contribution in [3.8, 4) is 0 Å². The number of aliphatic carboxylic acids is 1. The number of piperidine rings is 1. The number of hydrogen-bond donors (Lipinski definition) is 9. The quantitative estimate of drug-likeness (QED) is 0.0550. The van der Waals surface area contributed by atoms with E-state index in [1.54, 1.807) is 17.1 Å². The SMILES string of the molecule is NCCCC[C@H](N)C(=O)N[C@@H](Cc1cscn1)C(=O)N[C@H](Cc1c[nH]c2ccccc12)C(=O)N[C@H](Cc1csc2ccccc12)C(=O)NC1(C(=O)O)CCNCC1. The molecule has 1 aliphatic heterocycles. The molecule has 5 aromatic rings. The molecule has 0 unspecified atom stereocenters. The normalized spacial score (nSPS) is 16.0. The number of fused-ring (bicyclic) bond motifs is 2. The summed E-state index contributed by atoms with van der Waals surface area (Å²) >= 11 is 2.84. The van der Waals surface area contributed by atoms with Crippen LogP contribution in [0, 0.1) is 0 Å². The highest BCUT2D eigenvalue weighted by Gasteiger charge is 2.43. The number of nitrogens with one attached hydrogen (secondary N) is 6. The van der Waals surface area contributed by atoms with Crippen LogP contribution >= 0.6 is 22.7 Å². The van der Waals surface area contributed by atoms with E-state index in [1.165, 1.54) is 22.7 Å². The number of H-pyrrole nitrogens is 1. The van der Waals surface area contributed by atoms with Crippen LogP contribution < -0.4 is 38.1 Å². The van der Waals surface area contributed by atoms with Crippen molar-refractivity contribution < 1.29 is 29.1 Å². The molecule has 302 valence electrons.